The molecule has 1 aromatic heterocycles. The monoisotopic (exact) mass is 494 g/mol. The van der Waals surface area contributed by atoms with Gasteiger partial charge in [0.2, 0.25) is 0 Å². The predicted octanol–water partition coefficient (Wildman–Crippen LogP) is 4.74. The van der Waals surface area contributed by atoms with E-state index in [1.807, 2.05) is 0 Å². The highest BCUT2D eigenvalue weighted by Crippen LogP contribution is 2.37. The van der Waals surface area contributed by atoms with Crippen LogP contribution in [0.25, 0.3) is 0 Å². The number of rotatable bonds is 11. The molecule has 2 saturated heterocycles. The molecule has 1 unspecified atom stereocenters. The van der Waals surface area contributed by atoms with Gasteiger partial charge in [0, 0.05) is 27.7 Å². The summed E-state index contributed by atoms with van der Waals surface area (Å²) < 4.78 is 33.3. The Morgan fingerprint density at radius 2 is 1.79 bits per heavy atom. The molecule has 3 heterocycles. The number of nitrogens with zero attached hydrogens (tertiary/aromatic N) is 2. The van der Waals surface area contributed by atoms with Crippen molar-refractivity contribution in [2.45, 2.75) is 124 Å². The van der Waals surface area contributed by atoms with E-state index >= 15 is 0 Å². The lowest BCUT2D eigenvalue weighted by Crippen LogP contribution is -2.41. The summed E-state index contributed by atoms with van der Waals surface area (Å²) in [4.78, 5) is 5.08. The maximum absolute atomic E-state index is 6.41. The van der Waals surface area contributed by atoms with Gasteiger partial charge in [0.15, 0.2) is 6.29 Å². The van der Waals surface area contributed by atoms with E-state index in [1.165, 1.54) is 0 Å². The minimum Gasteiger partial charge on any atom is -0.398 e. The molecular formula is C25H47BN2O5Si. The Balaban J connectivity index is 1.89. The standard InChI is InChI=1S/C25H47BN2O5Si/c1-19(2)16-21-27-23(26-32-24(3,4)25(5,6)33-26)20(17-31-22-12-10-11-13-30-22)28(21)18-29-14-15-34(7,8)9/h19,22H,10-18H2,1-9H3. The summed E-state index contributed by atoms with van der Waals surface area (Å²) in [7, 11) is -1.70. The average Bonchev–Trinajstić information content (AvgIpc) is 3.16. The molecule has 0 aliphatic carbocycles. The first-order chi connectivity index (χ1) is 15.8. The van der Waals surface area contributed by atoms with Gasteiger partial charge in [-0.15, -0.1) is 0 Å². The lowest BCUT2D eigenvalue weighted by atomic mass is 9.83. The zero-order valence-corrected chi connectivity index (χ0v) is 24.0. The summed E-state index contributed by atoms with van der Waals surface area (Å²) in [6, 6.07) is 1.13. The van der Waals surface area contributed by atoms with Gasteiger partial charge in [-0.2, -0.15) is 0 Å². The first-order valence-electron chi connectivity index (χ1n) is 13.0. The second-order valence-electron chi connectivity index (χ2n) is 12.4. The summed E-state index contributed by atoms with van der Waals surface area (Å²) in [5.41, 5.74) is 0.908. The van der Waals surface area contributed by atoms with Crippen LogP contribution in [0.3, 0.4) is 0 Å². The van der Waals surface area contributed by atoms with Gasteiger partial charge in [-0.25, -0.2) is 4.98 Å². The van der Waals surface area contributed by atoms with E-state index in [9.17, 15) is 0 Å². The van der Waals surface area contributed by atoms with Gasteiger partial charge in [-0.05, 0) is 58.9 Å². The summed E-state index contributed by atoms with van der Waals surface area (Å²) in [6.45, 7) is 22.2. The molecule has 2 aliphatic rings. The molecule has 1 aromatic rings. The van der Waals surface area contributed by atoms with Gasteiger partial charge in [0.05, 0.1) is 29.1 Å². The smallest absolute Gasteiger partial charge is 0.398 e. The molecule has 3 rings (SSSR count). The van der Waals surface area contributed by atoms with Crippen molar-refractivity contribution in [1.29, 1.82) is 0 Å². The Morgan fingerprint density at radius 1 is 1.12 bits per heavy atom. The fraction of sp³-hybridized carbons (Fsp3) is 0.880. The molecule has 0 saturated carbocycles. The van der Waals surface area contributed by atoms with E-state index in [2.05, 4.69) is 65.8 Å². The van der Waals surface area contributed by atoms with Crippen LogP contribution in [-0.4, -0.2) is 55.4 Å². The highest BCUT2D eigenvalue weighted by atomic mass is 28.3. The van der Waals surface area contributed by atoms with Crippen LogP contribution in [0.5, 0.6) is 0 Å². The third kappa shape index (κ3) is 7.17. The molecule has 2 fully saturated rings. The number of hydrogen-bond donors (Lipinski definition) is 0. The third-order valence-corrected chi connectivity index (χ3v) is 8.71. The molecule has 0 radical (unpaired) electrons. The number of ether oxygens (including phenoxy) is 3. The van der Waals surface area contributed by atoms with Crippen LogP contribution in [0.2, 0.25) is 25.7 Å². The summed E-state index contributed by atoms with van der Waals surface area (Å²) in [6.07, 6.45) is 3.83. The summed E-state index contributed by atoms with van der Waals surface area (Å²) in [5.74, 6) is 1.46. The van der Waals surface area contributed by atoms with E-state index in [1.54, 1.807) is 0 Å². The lowest BCUT2D eigenvalue weighted by molar-refractivity contribution is -0.170. The van der Waals surface area contributed by atoms with Gasteiger partial charge in [-0.1, -0.05) is 33.5 Å². The minimum atomic E-state index is -1.17. The molecule has 0 aromatic carbocycles. The largest absolute Gasteiger partial charge is 0.516 e. The summed E-state index contributed by atoms with van der Waals surface area (Å²) in [5, 5.41) is 0. The van der Waals surface area contributed by atoms with Gasteiger partial charge < -0.3 is 28.1 Å². The Kier molecular flexibility index (Phi) is 9.13. The number of hydrogen-bond acceptors (Lipinski definition) is 6. The Hall–Kier alpha value is -0.708. The number of aromatic nitrogens is 2. The van der Waals surface area contributed by atoms with Crippen molar-refractivity contribution in [2.75, 3.05) is 13.2 Å². The molecule has 1 atom stereocenters. The van der Waals surface area contributed by atoms with Crippen molar-refractivity contribution in [3.05, 3.63) is 11.5 Å². The van der Waals surface area contributed by atoms with Crippen LogP contribution in [-0.2, 0) is 43.3 Å². The zero-order valence-electron chi connectivity index (χ0n) is 23.0. The Labute approximate surface area is 208 Å². The fourth-order valence-corrected chi connectivity index (χ4v) is 4.83. The van der Waals surface area contributed by atoms with Crippen molar-refractivity contribution in [3.8, 4) is 0 Å². The maximum atomic E-state index is 6.41. The van der Waals surface area contributed by atoms with E-state index in [-0.39, 0.29) is 6.29 Å². The fourth-order valence-electron chi connectivity index (χ4n) is 4.08. The maximum Gasteiger partial charge on any atom is 0.516 e. The van der Waals surface area contributed by atoms with Crippen LogP contribution >= 0.6 is 0 Å². The van der Waals surface area contributed by atoms with Gasteiger partial charge in [0.1, 0.15) is 12.6 Å². The van der Waals surface area contributed by atoms with Gasteiger partial charge in [-0.3, -0.25) is 0 Å². The van der Waals surface area contributed by atoms with Crippen molar-refractivity contribution in [2.24, 2.45) is 5.92 Å². The van der Waals surface area contributed by atoms with Crippen LogP contribution in [0.4, 0.5) is 0 Å². The molecule has 194 valence electrons. The Bertz CT molecular complexity index is 784. The third-order valence-electron chi connectivity index (χ3n) is 7.01. The molecular weight excluding hydrogens is 447 g/mol. The minimum absolute atomic E-state index is 0.176. The highest BCUT2D eigenvalue weighted by molar-refractivity contribution is 6.76. The normalized spacial score (nSPS) is 22.6. The number of imidazole rings is 1. The zero-order chi connectivity index (χ0) is 25.1. The molecule has 9 heteroatoms. The SMILES string of the molecule is CC(C)Cc1nc(B2OC(C)(C)C(C)(C)O2)c(COC2CCCCO2)n1COCC[Si](C)(C)C. The molecule has 0 spiro atoms. The quantitative estimate of drug-likeness (QED) is 0.327. The van der Waals surface area contributed by atoms with Crippen molar-refractivity contribution in [3.63, 3.8) is 0 Å². The second kappa shape index (κ2) is 11.1. The molecule has 2 aliphatic heterocycles. The molecule has 0 bridgehead atoms. The molecule has 34 heavy (non-hydrogen) atoms. The molecule has 0 N–H and O–H groups in total. The summed E-state index contributed by atoms with van der Waals surface area (Å²) >= 11 is 0. The van der Waals surface area contributed by atoms with Gasteiger partial charge >= 0.3 is 7.12 Å². The first-order valence-corrected chi connectivity index (χ1v) is 16.7. The first kappa shape index (κ1) is 27.9. The van der Waals surface area contributed by atoms with Crippen molar-refractivity contribution >= 4 is 20.8 Å². The van der Waals surface area contributed by atoms with Crippen LogP contribution in [0, 0.1) is 5.92 Å². The highest BCUT2D eigenvalue weighted by Gasteiger charge is 2.53. The topological polar surface area (TPSA) is 64.0 Å². The van der Waals surface area contributed by atoms with Crippen LogP contribution < -0.4 is 5.59 Å². The van der Waals surface area contributed by atoms with Crippen LogP contribution in [0.15, 0.2) is 0 Å². The molecule has 7 nitrogen and oxygen atoms in total. The van der Waals surface area contributed by atoms with E-state index in [4.69, 9.17) is 28.5 Å². The van der Waals surface area contributed by atoms with E-state index in [0.29, 0.717) is 19.3 Å². The second-order valence-corrected chi connectivity index (χ2v) is 18.1. The predicted molar refractivity (Wildman–Crippen MR) is 139 cm³/mol. The van der Waals surface area contributed by atoms with Crippen molar-refractivity contribution < 1.29 is 23.5 Å². The van der Waals surface area contributed by atoms with E-state index < -0.39 is 26.4 Å². The lowest BCUT2D eigenvalue weighted by Gasteiger charge is -2.32. The van der Waals surface area contributed by atoms with E-state index in [0.717, 1.165) is 62.1 Å². The van der Waals surface area contributed by atoms with Gasteiger partial charge in [0.25, 0.3) is 0 Å². The average molecular weight is 495 g/mol. The molecule has 0 amide bonds. The van der Waals surface area contributed by atoms with Crippen molar-refractivity contribution in [1.82, 2.24) is 9.55 Å². The van der Waals surface area contributed by atoms with Crippen LogP contribution in [0.1, 0.15) is 72.3 Å². The Morgan fingerprint density at radius 3 is 2.35 bits per heavy atom.